The maximum Gasteiger partial charge on any atom is 0.274 e. The highest BCUT2D eigenvalue weighted by Gasteiger charge is 2.31. The molecule has 5 rings (SSSR count). The highest BCUT2D eigenvalue weighted by molar-refractivity contribution is 5.94. The van der Waals surface area contributed by atoms with Crippen molar-refractivity contribution in [2.45, 2.75) is 38.0 Å². The first kappa shape index (κ1) is 20.6. The zero-order valence-corrected chi connectivity index (χ0v) is 18.4. The van der Waals surface area contributed by atoms with E-state index >= 15 is 0 Å². The van der Waals surface area contributed by atoms with Crippen molar-refractivity contribution < 1.29 is 9.18 Å². The second-order valence-electron chi connectivity index (χ2n) is 8.82. The summed E-state index contributed by atoms with van der Waals surface area (Å²) in [6, 6.07) is 6.55. The smallest absolute Gasteiger partial charge is 0.274 e. The summed E-state index contributed by atoms with van der Waals surface area (Å²) in [5.41, 5.74) is 5.34. The highest BCUT2D eigenvalue weighted by atomic mass is 19.1. The van der Waals surface area contributed by atoms with E-state index in [2.05, 4.69) is 15.2 Å². The van der Waals surface area contributed by atoms with Gasteiger partial charge in [0.2, 0.25) is 5.95 Å². The van der Waals surface area contributed by atoms with E-state index in [1.807, 2.05) is 30.0 Å². The second-order valence-corrected chi connectivity index (χ2v) is 8.82. The summed E-state index contributed by atoms with van der Waals surface area (Å²) >= 11 is 0. The number of amides is 1. The predicted octanol–water partition coefficient (Wildman–Crippen LogP) is 3.58. The molecule has 1 aliphatic carbocycles. The van der Waals surface area contributed by atoms with Crippen LogP contribution in [0, 0.1) is 5.82 Å². The quantitative estimate of drug-likeness (QED) is 0.679. The van der Waals surface area contributed by atoms with Gasteiger partial charge in [0, 0.05) is 56.1 Å². The van der Waals surface area contributed by atoms with Crippen molar-refractivity contribution in [1.29, 1.82) is 0 Å². The number of hydrogen-bond donors (Lipinski definition) is 1. The first-order chi connectivity index (χ1) is 15.5. The molecule has 1 aliphatic heterocycles. The Morgan fingerprint density at radius 2 is 2.03 bits per heavy atom. The van der Waals surface area contributed by atoms with Crippen molar-refractivity contribution in [3.63, 3.8) is 0 Å². The Morgan fingerprint density at radius 3 is 2.78 bits per heavy atom. The van der Waals surface area contributed by atoms with Gasteiger partial charge in [-0.05, 0) is 49.8 Å². The topological polar surface area (TPSA) is 78.0 Å². The summed E-state index contributed by atoms with van der Waals surface area (Å²) in [5, 5.41) is 7.34. The van der Waals surface area contributed by atoms with Crippen LogP contribution < -0.4 is 4.90 Å². The number of carbonyl (C=O) groups excluding carboxylic acids is 1. The number of H-pyrrole nitrogens is 1. The van der Waals surface area contributed by atoms with Gasteiger partial charge in [-0.3, -0.25) is 9.89 Å². The number of aromatic nitrogens is 4. The number of likely N-dealkylation sites (tertiary alicyclic amines) is 1. The maximum absolute atomic E-state index is 13.9. The Bertz CT molecular complexity index is 1150. The Morgan fingerprint density at radius 1 is 1.22 bits per heavy atom. The Labute approximate surface area is 186 Å². The molecule has 0 unspecified atom stereocenters. The van der Waals surface area contributed by atoms with Crippen LogP contribution in [-0.2, 0) is 12.8 Å². The summed E-state index contributed by atoms with van der Waals surface area (Å²) in [4.78, 5) is 26.2. The Hall–Kier alpha value is -3.29. The van der Waals surface area contributed by atoms with E-state index in [1.165, 1.54) is 12.1 Å². The third kappa shape index (κ3) is 3.74. The zero-order chi connectivity index (χ0) is 22.2. The molecule has 32 heavy (non-hydrogen) atoms. The first-order valence-corrected chi connectivity index (χ1v) is 11.2. The van der Waals surface area contributed by atoms with Gasteiger partial charge in [-0.25, -0.2) is 14.4 Å². The number of fused-ring (bicyclic) bond motifs is 1. The van der Waals surface area contributed by atoms with E-state index in [-0.39, 0.29) is 17.6 Å². The molecule has 0 spiro atoms. The summed E-state index contributed by atoms with van der Waals surface area (Å²) in [6.45, 7) is 1.30. The number of rotatable bonds is 4. The second kappa shape index (κ2) is 8.33. The average Bonchev–Trinajstić information content (AvgIpc) is 3.42. The lowest BCUT2D eigenvalue weighted by Crippen LogP contribution is -2.38. The number of aryl methyl sites for hydroxylation is 1. The fraction of sp³-hybridized carbons (Fsp3) is 0.417. The summed E-state index contributed by atoms with van der Waals surface area (Å²) < 4.78 is 13.9. The highest BCUT2D eigenvalue weighted by Crippen LogP contribution is 2.35. The van der Waals surface area contributed by atoms with E-state index < -0.39 is 0 Å². The molecule has 166 valence electrons. The third-order valence-electron chi connectivity index (χ3n) is 6.52. The minimum Gasteiger partial charge on any atom is -0.347 e. The molecule has 2 aliphatic rings. The number of halogens is 1. The monoisotopic (exact) mass is 434 g/mol. The van der Waals surface area contributed by atoms with Gasteiger partial charge in [0.05, 0.1) is 5.69 Å². The Balaban J connectivity index is 1.38. The maximum atomic E-state index is 13.9. The fourth-order valence-electron chi connectivity index (χ4n) is 4.79. The minimum atomic E-state index is -0.280. The van der Waals surface area contributed by atoms with Crippen LogP contribution in [0.4, 0.5) is 10.3 Å². The van der Waals surface area contributed by atoms with Gasteiger partial charge in [0.25, 0.3) is 5.91 Å². The third-order valence-corrected chi connectivity index (χ3v) is 6.52. The van der Waals surface area contributed by atoms with Gasteiger partial charge >= 0.3 is 0 Å². The van der Waals surface area contributed by atoms with E-state index in [0.29, 0.717) is 24.7 Å². The van der Waals surface area contributed by atoms with E-state index in [0.717, 1.165) is 60.2 Å². The first-order valence-electron chi connectivity index (χ1n) is 11.2. The van der Waals surface area contributed by atoms with Gasteiger partial charge in [0.1, 0.15) is 5.82 Å². The summed E-state index contributed by atoms with van der Waals surface area (Å²) in [5.74, 6) is 0.539. The van der Waals surface area contributed by atoms with Crippen LogP contribution in [0.25, 0.3) is 11.1 Å². The van der Waals surface area contributed by atoms with Crippen LogP contribution in [0.1, 0.15) is 52.6 Å². The lowest BCUT2D eigenvalue weighted by Gasteiger charge is -2.32. The van der Waals surface area contributed by atoms with Crippen molar-refractivity contribution in [3.8, 4) is 11.1 Å². The molecule has 7 nitrogen and oxygen atoms in total. The summed E-state index contributed by atoms with van der Waals surface area (Å²) in [7, 11) is 3.81. The number of hydrogen-bond acceptors (Lipinski definition) is 5. The lowest BCUT2D eigenvalue weighted by molar-refractivity contribution is 0.0705. The van der Waals surface area contributed by atoms with Crippen LogP contribution in [-0.4, -0.2) is 58.2 Å². The SMILES string of the molecule is CN(C)c1ncc(-c2cccc(F)c2)c(C2CCN(C(=O)c3n[nH]c4c3CCC4)CC2)n1. The molecule has 3 heterocycles. The van der Waals surface area contributed by atoms with Gasteiger partial charge in [-0.1, -0.05) is 12.1 Å². The van der Waals surface area contributed by atoms with E-state index in [1.54, 1.807) is 12.3 Å². The van der Waals surface area contributed by atoms with Gasteiger partial charge < -0.3 is 9.80 Å². The average molecular weight is 435 g/mol. The van der Waals surface area contributed by atoms with Crippen LogP contribution in [0.2, 0.25) is 0 Å². The molecule has 1 aromatic carbocycles. The van der Waals surface area contributed by atoms with Crippen molar-refractivity contribution in [2.75, 3.05) is 32.1 Å². The standard InChI is InChI=1S/C24H27FN6O/c1-30(2)24-26-14-19(16-5-3-6-17(25)13-16)21(27-24)15-9-11-31(12-10-15)23(32)22-18-7-4-8-20(18)28-29-22/h3,5-6,13-15H,4,7-12H2,1-2H3,(H,28,29). The van der Waals surface area contributed by atoms with Crippen LogP contribution >= 0.6 is 0 Å². The molecular formula is C24H27FN6O. The fourth-order valence-corrected chi connectivity index (χ4v) is 4.79. The number of piperidine rings is 1. The zero-order valence-electron chi connectivity index (χ0n) is 18.4. The van der Waals surface area contributed by atoms with Gasteiger partial charge in [-0.2, -0.15) is 5.10 Å². The molecule has 1 N–H and O–H groups in total. The number of nitrogens with zero attached hydrogens (tertiary/aromatic N) is 5. The van der Waals surface area contributed by atoms with Gasteiger partial charge in [-0.15, -0.1) is 0 Å². The molecular weight excluding hydrogens is 407 g/mol. The van der Waals surface area contributed by atoms with Crippen molar-refractivity contribution in [3.05, 3.63) is 58.9 Å². The number of nitrogens with one attached hydrogen (secondary N) is 1. The van der Waals surface area contributed by atoms with Crippen LogP contribution in [0.15, 0.2) is 30.5 Å². The minimum absolute atomic E-state index is 0.0184. The lowest BCUT2D eigenvalue weighted by atomic mass is 9.88. The summed E-state index contributed by atoms with van der Waals surface area (Å²) in [6.07, 6.45) is 6.36. The molecule has 0 atom stereocenters. The Kier molecular flexibility index (Phi) is 5.36. The molecule has 8 heteroatoms. The van der Waals surface area contributed by atoms with Crippen molar-refractivity contribution >= 4 is 11.9 Å². The molecule has 0 bridgehead atoms. The number of aromatic amines is 1. The molecule has 3 aromatic rings. The normalized spacial score (nSPS) is 16.3. The number of anilines is 1. The van der Waals surface area contributed by atoms with Gasteiger partial charge in [0.15, 0.2) is 5.69 Å². The number of carbonyl (C=O) groups is 1. The molecule has 1 amide bonds. The largest absolute Gasteiger partial charge is 0.347 e. The molecule has 1 saturated heterocycles. The molecule has 1 fully saturated rings. The van der Waals surface area contributed by atoms with E-state index in [9.17, 15) is 9.18 Å². The predicted molar refractivity (Wildman–Crippen MR) is 120 cm³/mol. The molecule has 0 saturated carbocycles. The molecule has 0 radical (unpaired) electrons. The van der Waals surface area contributed by atoms with Crippen molar-refractivity contribution in [2.24, 2.45) is 0 Å². The van der Waals surface area contributed by atoms with Crippen LogP contribution in [0.3, 0.4) is 0 Å². The van der Waals surface area contributed by atoms with Crippen LogP contribution in [0.5, 0.6) is 0 Å². The number of benzene rings is 1. The molecule has 2 aromatic heterocycles. The van der Waals surface area contributed by atoms with E-state index in [4.69, 9.17) is 4.98 Å². The van der Waals surface area contributed by atoms with Crippen molar-refractivity contribution in [1.82, 2.24) is 25.1 Å².